The van der Waals surface area contributed by atoms with E-state index >= 15 is 0 Å². The molecule has 0 aliphatic carbocycles. The highest BCUT2D eigenvalue weighted by Crippen LogP contribution is 2.23. The van der Waals surface area contributed by atoms with Crippen LogP contribution >= 0.6 is 0 Å². The highest BCUT2D eigenvalue weighted by Gasteiger charge is 2.19. The van der Waals surface area contributed by atoms with Gasteiger partial charge in [0.2, 0.25) is 0 Å². The van der Waals surface area contributed by atoms with Crippen LogP contribution in [0, 0.1) is 5.41 Å². The number of rotatable bonds is 6. The summed E-state index contributed by atoms with van der Waals surface area (Å²) in [4.78, 5) is 11.9. The minimum atomic E-state index is -0.181. The van der Waals surface area contributed by atoms with E-state index in [9.17, 15) is 4.79 Å². The minimum Gasteiger partial charge on any atom is -0.385 e. The molecule has 116 valence electrons. The van der Waals surface area contributed by atoms with Gasteiger partial charge in [0.05, 0.1) is 13.2 Å². The highest BCUT2D eigenvalue weighted by molar-refractivity contribution is 5.89. The van der Waals surface area contributed by atoms with Gasteiger partial charge in [-0.15, -0.1) is 0 Å². The fraction of sp³-hybridized carbons (Fsp3) is 0.562. The summed E-state index contributed by atoms with van der Waals surface area (Å²) < 4.78 is 10.4. The zero-order chi connectivity index (χ0) is 15.3. The maximum atomic E-state index is 11.9. The van der Waals surface area contributed by atoms with Gasteiger partial charge < -0.3 is 20.1 Å². The van der Waals surface area contributed by atoms with E-state index in [1.807, 2.05) is 18.2 Å². The van der Waals surface area contributed by atoms with Crippen LogP contribution in [0.3, 0.4) is 0 Å². The maximum absolute atomic E-state index is 11.9. The summed E-state index contributed by atoms with van der Waals surface area (Å²) in [6, 6.07) is 5.70. The predicted molar refractivity (Wildman–Crippen MR) is 82.2 cm³/mol. The molecule has 21 heavy (non-hydrogen) atoms. The lowest BCUT2D eigenvalue weighted by atomic mass is 9.90. The van der Waals surface area contributed by atoms with Crippen molar-refractivity contribution >= 4 is 11.7 Å². The van der Waals surface area contributed by atoms with Crippen LogP contribution in [0.25, 0.3) is 0 Å². The molecule has 1 aromatic rings. The number of hydrogen-bond donors (Lipinski definition) is 2. The second-order valence-corrected chi connectivity index (χ2v) is 6.19. The lowest BCUT2D eigenvalue weighted by Gasteiger charge is -2.24. The number of carbonyl (C=O) groups excluding carboxylic acids is 1. The largest absolute Gasteiger partial charge is 0.385 e. The second-order valence-electron chi connectivity index (χ2n) is 6.19. The Kier molecular flexibility index (Phi) is 5.20. The number of urea groups is 1. The van der Waals surface area contributed by atoms with E-state index < -0.39 is 0 Å². The van der Waals surface area contributed by atoms with Gasteiger partial charge in [0, 0.05) is 25.9 Å². The molecule has 0 saturated heterocycles. The highest BCUT2D eigenvalue weighted by atomic mass is 16.5. The molecule has 1 heterocycles. The number of amides is 2. The van der Waals surface area contributed by atoms with E-state index in [0.717, 1.165) is 17.7 Å². The van der Waals surface area contributed by atoms with E-state index in [2.05, 4.69) is 24.5 Å². The number of ether oxygens (including phenoxy) is 2. The lowest BCUT2D eigenvalue weighted by Crippen LogP contribution is -2.37. The van der Waals surface area contributed by atoms with Gasteiger partial charge in [0.1, 0.15) is 0 Å². The standard InChI is InChI=1S/C16H24N2O3/c1-16(2,6-7-20-3)11-17-15(19)18-14-5-4-12-9-21-10-13(12)8-14/h4-5,8H,6-7,9-11H2,1-3H3,(H2,17,18,19). The minimum absolute atomic E-state index is 0.0130. The van der Waals surface area contributed by atoms with Gasteiger partial charge in [-0.1, -0.05) is 19.9 Å². The van der Waals surface area contributed by atoms with Crippen molar-refractivity contribution in [3.8, 4) is 0 Å². The van der Waals surface area contributed by atoms with Gasteiger partial charge >= 0.3 is 6.03 Å². The van der Waals surface area contributed by atoms with Gasteiger partial charge in [-0.3, -0.25) is 0 Å². The van der Waals surface area contributed by atoms with Crippen LogP contribution in [-0.4, -0.2) is 26.3 Å². The van der Waals surface area contributed by atoms with E-state index in [1.54, 1.807) is 7.11 Å². The molecule has 0 radical (unpaired) electrons. The number of carbonyl (C=O) groups is 1. The molecule has 0 spiro atoms. The molecule has 2 amide bonds. The molecule has 0 bridgehead atoms. The molecular weight excluding hydrogens is 268 g/mol. The topological polar surface area (TPSA) is 59.6 Å². The number of benzene rings is 1. The Morgan fingerprint density at radius 1 is 1.33 bits per heavy atom. The third-order valence-corrected chi connectivity index (χ3v) is 3.69. The quantitative estimate of drug-likeness (QED) is 0.847. The summed E-state index contributed by atoms with van der Waals surface area (Å²) in [7, 11) is 1.69. The average molecular weight is 292 g/mol. The van der Waals surface area contributed by atoms with Crippen LogP contribution in [0.2, 0.25) is 0 Å². The fourth-order valence-corrected chi connectivity index (χ4v) is 2.21. The van der Waals surface area contributed by atoms with Crippen LogP contribution in [-0.2, 0) is 22.7 Å². The first-order valence-corrected chi connectivity index (χ1v) is 7.23. The van der Waals surface area contributed by atoms with Crippen LogP contribution in [0.1, 0.15) is 31.4 Å². The second kappa shape index (κ2) is 6.91. The molecule has 0 saturated carbocycles. The molecule has 0 aromatic heterocycles. The van der Waals surface area contributed by atoms with Crippen molar-refractivity contribution < 1.29 is 14.3 Å². The summed E-state index contributed by atoms with van der Waals surface area (Å²) in [5, 5.41) is 5.77. The Morgan fingerprint density at radius 2 is 2.10 bits per heavy atom. The Labute approximate surface area is 126 Å². The van der Waals surface area contributed by atoms with E-state index in [-0.39, 0.29) is 11.4 Å². The van der Waals surface area contributed by atoms with Gasteiger partial charge in [-0.05, 0) is 35.1 Å². The summed E-state index contributed by atoms with van der Waals surface area (Å²) in [5.74, 6) is 0. The Bertz CT molecular complexity index is 500. The van der Waals surface area contributed by atoms with Gasteiger partial charge in [0.25, 0.3) is 0 Å². The number of hydrogen-bond acceptors (Lipinski definition) is 3. The molecule has 0 unspecified atom stereocenters. The first kappa shape index (κ1) is 15.8. The molecule has 1 aliphatic rings. The zero-order valence-corrected chi connectivity index (χ0v) is 13.0. The third-order valence-electron chi connectivity index (χ3n) is 3.69. The van der Waals surface area contributed by atoms with E-state index in [4.69, 9.17) is 9.47 Å². The molecule has 2 N–H and O–H groups in total. The Hall–Kier alpha value is -1.59. The van der Waals surface area contributed by atoms with Crippen LogP contribution in [0.4, 0.5) is 10.5 Å². The molecule has 5 heteroatoms. The summed E-state index contributed by atoms with van der Waals surface area (Å²) in [6.45, 7) is 6.81. The molecule has 0 atom stereocenters. The Balaban J connectivity index is 1.82. The normalized spacial score (nSPS) is 13.9. The number of fused-ring (bicyclic) bond motifs is 1. The van der Waals surface area contributed by atoms with Crippen molar-refractivity contribution in [1.29, 1.82) is 0 Å². The summed E-state index contributed by atoms with van der Waals surface area (Å²) >= 11 is 0. The molecule has 5 nitrogen and oxygen atoms in total. The van der Waals surface area contributed by atoms with Crippen molar-refractivity contribution in [2.24, 2.45) is 5.41 Å². The lowest BCUT2D eigenvalue weighted by molar-refractivity contribution is 0.134. The first-order chi connectivity index (χ1) is 10.00. The predicted octanol–water partition coefficient (Wildman–Crippen LogP) is 2.90. The van der Waals surface area contributed by atoms with Crippen LogP contribution in [0.15, 0.2) is 18.2 Å². The van der Waals surface area contributed by atoms with Crippen LogP contribution < -0.4 is 10.6 Å². The van der Waals surface area contributed by atoms with Crippen LogP contribution in [0.5, 0.6) is 0 Å². The number of nitrogens with one attached hydrogen (secondary N) is 2. The van der Waals surface area contributed by atoms with Crippen molar-refractivity contribution in [2.45, 2.75) is 33.5 Å². The molecular formula is C16H24N2O3. The molecule has 1 aromatic carbocycles. The van der Waals surface area contributed by atoms with Crippen molar-refractivity contribution in [2.75, 3.05) is 25.6 Å². The molecule has 2 rings (SSSR count). The Morgan fingerprint density at radius 3 is 2.86 bits per heavy atom. The molecule has 1 aliphatic heterocycles. The number of methoxy groups -OCH3 is 1. The number of anilines is 1. The monoisotopic (exact) mass is 292 g/mol. The van der Waals surface area contributed by atoms with Gasteiger partial charge in [-0.2, -0.15) is 0 Å². The average Bonchev–Trinajstić information content (AvgIpc) is 2.91. The maximum Gasteiger partial charge on any atom is 0.319 e. The SMILES string of the molecule is COCCC(C)(C)CNC(=O)Nc1ccc2c(c1)COC2. The zero-order valence-electron chi connectivity index (χ0n) is 13.0. The van der Waals surface area contributed by atoms with Crippen molar-refractivity contribution in [3.63, 3.8) is 0 Å². The summed E-state index contributed by atoms with van der Waals surface area (Å²) in [6.07, 6.45) is 0.903. The fourth-order valence-electron chi connectivity index (χ4n) is 2.21. The summed E-state index contributed by atoms with van der Waals surface area (Å²) in [5.41, 5.74) is 3.15. The molecule has 0 fully saturated rings. The van der Waals surface area contributed by atoms with Gasteiger partial charge in [-0.25, -0.2) is 4.79 Å². The van der Waals surface area contributed by atoms with Crippen molar-refractivity contribution in [3.05, 3.63) is 29.3 Å². The van der Waals surface area contributed by atoms with E-state index in [0.29, 0.717) is 26.4 Å². The smallest absolute Gasteiger partial charge is 0.319 e. The van der Waals surface area contributed by atoms with E-state index in [1.165, 1.54) is 5.56 Å². The third kappa shape index (κ3) is 4.72. The van der Waals surface area contributed by atoms with Crippen molar-refractivity contribution in [1.82, 2.24) is 5.32 Å². The first-order valence-electron chi connectivity index (χ1n) is 7.23. The van der Waals surface area contributed by atoms with Gasteiger partial charge in [0.15, 0.2) is 0 Å².